The molecule has 10 nitrogen and oxygen atoms in total. The highest BCUT2D eigenvalue weighted by Gasteiger charge is 2.32. The van der Waals surface area contributed by atoms with Crippen LogP contribution < -0.4 is 16.6 Å². The number of imidazole rings is 1. The first-order chi connectivity index (χ1) is 17.8. The van der Waals surface area contributed by atoms with E-state index in [9.17, 15) is 22.8 Å². The molecule has 0 saturated carbocycles. The first-order valence-electron chi connectivity index (χ1n) is 11.8. The third-order valence-electron chi connectivity index (χ3n) is 6.31. The molecule has 3 aromatic heterocycles. The van der Waals surface area contributed by atoms with Crippen LogP contribution in [0.25, 0.3) is 16.8 Å². The highest BCUT2D eigenvalue weighted by atomic mass is 32.2. The smallest absolute Gasteiger partial charge is 0.332 e. The SMILES string of the molecule is CSc1cccc2ncc(C(=O)NCCCn3c(=O)c(-c4ccccc4)c4n(c3=O)CCCS4(=O)=O)n12. The topological polar surface area (TPSA) is 125 Å². The maximum absolute atomic E-state index is 13.5. The molecule has 4 aromatic rings. The van der Waals surface area contributed by atoms with Crippen LogP contribution >= 0.6 is 11.8 Å². The summed E-state index contributed by atoms with van der Waals surface area (Å²) in [5.74, 6) is -0.428. The summed E-state index contributed by atoms with van der Waals surface area (Å²) in [6.45, 7) is 0.456. The van der Waals surface area contributed by atoms with Crippen LogP contribution in [0.2, 0.25) is 0 Å². The van der Waals surface area contributed by atoms with Crippen LogP contribution in [0, 0.1) is 0 Å². The summed E-state index contributed by atoms with van der Waals surface area (Å²) in [4.78, 5) is 43.8. The summed E-state index contributed by atoms with van der Waals surface area (Å²) in [5, 5.41) is 3.50. The zero-order valence-corrected chi connectivity index (χ0v) is 21.7. The molecule has 0 spiro atoms. The van der Waals surface area contributed by atoms with Crippen molar-refractivity contribution in [2.24, 2.45) is 0 Å². The van der Waals surface area contributed by atoms with E-state index in [0.717, 1.165) is 9.59 Å². The number of nitrogens with zero attached hydrogens (tertiary/aromatic N) is 4. The van der Waals surface area contributed by atoms with Gasteiger partial charge in [0.25, 0.3) is 11.5 Å². The van der Waals surface area contributed by atoms with E-state index in [1.165, 1.54) is 22.5 Å². The van der Waals surface area contributed by atoms with Gasteiger partial charge in [-0.05, 0) is 36.8 Å². The molecule has 5 rings (SSSR count). The molecular formula is C25H25N5O5S2. The third kappa shape index (κ3) is 4.51. The lowest BCUT2D eigenvalue weighted by molar-refractivity contribution is 0.0946. The first kappa shape index (κ1) is 25.0. The van der Waals surface area contributed by atoms with E-state index in [0.29, 0.717) is 29.7 Å². The summed E-state index contributed by atoms with van der Waals surface area (Å²) in [7, 11) is -3.79. The summed E-state index contributed by atoms with van der Waals surface area (Å²) in [5.41, 5.74) is 0.211. The van der Waals surface area contributed by atoms with E-state index in [4.69, 9.17) is 0 Å². The quantitative estimate of drug-likeness (QED) is 0.217. The van der Waals surface area contributed by atoms with Gasteiger partial charge in [0.15, 0.2) is 14.9 Å². The highest BCUT2D eigenvalue weighted by molar-refractivity contribution is 7.98. The first-order valence-corrected chi connectivity index (χ1v) is 14.7. The van der Waals surface area contributed by atoms with Crippen molar-refractivity contribution in [2.75, 3.05) is 18.6 Å². The van der Waals surface area contributed by atoms with Crippen molar-refractivity contribution in [3.63, 3.8) is 0 Å². The largest absolute Gasteiger partial charge is 0.351 e. The van der Waals surface area contributed by atoms with Crippen LogP contribution in [0.1, 0.15) is 23.3 Å². The molecule has 0 atom stereocenters. The Morgan fingerprint density at radius 2 is 1.89 bits per heavy atom. The fourth-order valence-corrected chi connectivity index (χ4v) is 6.93. The molecule has 1 amide bonds. The van der Waals surface area contributed by atoms with Crippen LogP contribution in [-0.4, -0.2) is 51.4 Å². The van der Waals surface area contributed by atoms with Crippen LogP contribution in [0.5, 0.6) is 0 Å². The number of pyridine rings is 1. The molecule has 12 heteroatoms. The molecule has 0 radical (unpaired) electrons. The van der Waals surface area contributed by atoms with Crippen molar-refractivity contribution >= 4 is 33.2 Å². The molecule has 0 bridgehead atoms. The van der Waals surface area contributed by atoms with Gasteiger partial charge in [-0.3, -0.25) is 23.1 Å². The predicted octanol–water partition coefficient (Wildman–Crippen LogP) is 2.04. The average molecular weight is 540 g/mol. The van der Waals surface area contributed by atoms with Crippen molar-refractivity contribution in [1.29, 1.82) is 0 Å². The molecule has 0 fully saturated rings. The van der Waals surface area contributed by atoms with Gasteiger partial charge in [-0.1, -0.05) is 36.4 Å². The van der Waals surface area contributed by atoms with Crippen LogP contribution in [-0.2, 0) is 22.9 Å². The lowest BCUT2D eigenvalue weighted by atomic mass is 10.1. The van der Waals surface area contributed by atoms with E-state index >= 15 is 0 Å². The Labute approximate surface area is 216 Å². The monoisotopic (exact) mass is 539 g/mol. The standard InChI is InChI=1S/C25H25N5O5S2/c1-36-20-11-5-10-19-27-16-18(30(19)20)22(31)26-12-6-13-28-23(32)21(17-8-3-2-4-9-17)24-29(25(28)33)14-7-15-37(24,34)35/h2-5,8-11,16H,6-7,12-15H2,1H3,(H,26,31). The van der Waals surface area contributed by atoms with Gasteiger partial charge in [-0.2, -0.15) is 0 Å². The third-order valence-corrected chi connectivity index (χ3v) is 8.89. The highest BCUT2D eigenvalue weighted by Crippen LogP contribution is 2.27. The summed E-state index contributed by atoms with van der Waals surface area (Å²) in [6, 6.07) is 14.1. The van der Waals surface area contributed by atoms with Crippen molar-refractivity contribution < 1.29 is 13.2 Å². The Morgan fingerprint density at radius 1 is 1.11 bits per heavy atom. The lowest BCUT2D eigenvalue weighted by Crippen LogP contribution is -2.45. The summed E-state index contributed by atoms with van der Waals surface area (Å²) in [6.07, 6.45) is 4.03. The predicted molar refractivity (Wildman–Crippen MR) is 141 cm³/mol. The number of hydrogen-bond donors (Lipinski definition) is 1. The summed E-state index contributed by atoms with van der Waals surface area (Å²) >= 11 is 1.50. The molecule has 1 N–H and O–H groups in total. The number of fused-ring (bicyclic) bond motifs is 2. The normalized spacial score (nSPS) is 14.4. The second-order valence-corrected chi connectivity index (χ2v) is 11.5. The molecule has 0 aliphatic carbocycles. The Morgan fingerprint density at radius 3 is 2.65 bits per heavy atom. The molecule has 4 heterocycles. The number of hydrogen-bond acceptors (Lipinski definition) is 7. The number of carbonyl (C=O) groups is 1. The van der Waals surface area contributed by atoms with Crippen molar-refractivity contribution in [3.8, 4) is 11.1 Å². The van der Waals surface area contributed by atoms with Gasteiger partial charge in [-0.15, -0.1) is 11.8 Å². The van der Waals surface area contributed by atoms with Crippen molar-refractivity contribution in [3.05, 3.63) is 81.3 Å². The average Bonchev–Trinajstić information content (AvgIpc) is 3.34. The molecule has 1 aromatic carbocycles. The zero-order valence-electron chi connectivity index (χ0n) is 20.1. The van der Waals surface area contributed by atoms with E-state index < -0.39 is 21.1 Å². The number of thioether (sulfide) groups is 1. The molecule has 0 saturated heterocycles. The van der Waals surface area contributed by atoms with Crippen LogP contribution in [0.15, 0.2) is 74.4 Å². The minimum absolute atomic E-state index is 0.0132. The van der Waals surface area contributed by atoms with Gasteiger partial charge in [0.1, 0.15) is 11.3 Å². The number of amides is 1. The van der Waals surface area contributed by atoms with E-state index in [1.54, 1.807) is 34.7 Å². The minimum Gasteiger partial charge on any atom is -0.351 e. The second kappa shape index (κ2) is 10.0. The molecule has 192 valence electrons. The number of sulfone groups is 1. The van der Waals surface area contributed by atoms with E-state index in [1.807, 2.05) is 24.5 Å². The molecule has 1 aliphatic rings. The number of nitrogens with one attached hydrogen (secondary N) is 1. The van der Waals surface area contributed by atoms with Gasteiger partial charge >= 0.3 is 5.69 Å². The Hall–Kier alpha value is -3.64. The van der Waals surface area contributed by atoms with Gasteiger partial charge in [-0.25, -0.2) is 18.2 Å². The number of benzene rings is 1. The number of carbonyl (C=O) groups excluding carboxylic acids is 1. The maximum atomic E-state index is 13.5. The molecule has 0 unspecified atom stereocenters. The minimum atomic E-state index is -3.79. The van der Waals surface area contributed by atoms with Crippen LogP contribution in [0.3, 0.4) is 0 Å². The zero-order chi connectivity index (χ0) is 26.2. The van der Waals surface area contributed by atoms with Gasteiger partial charge in [0.2, 0.25) is 0 Å². The maximum Gasteiger partial charge on any atom is 0.332 e. The molecule has 1 aliphatic heterocycles. The van der Waals surface area contributed by atoms with Gasteiger partial charge in [0.05, 0.1) is 22.5 Å². The van der Waals surface area contributed by atoms with Crippen LogP contribution in [0.4, 0.5) is 0 Å². The fourth-order valence-electron chi connectivity index (χ4n) is 4.62. The molecule has 37 heavy (non-hydrogen) atoms. The number of aromatic nitrogens is 4. The van der Waals surface area contributed by atoms with Crippen molar-refractivity contribution in [1.82, 2.24) is 23.8 Å². The fraction of sp³-hybridized carbons (Fsp3) is 0.280. The van der Waals surface area contributed by atoms with E-state index in [2.05, 4.69) is 10.3 Å². The number of rotatable bonds is 7. The second-order valence-electron chi connectivity index (χ2n) is 8.62. The lowest BCUT2D eigenvalue weighted by Gasteiger charge is -2.23. The Kier molecular flexibility index (Phi) is 6.78. The van der Waals surface area contributed by atoms with Gasteiger partial charge in [0, 0.05) is 19.6 Å². The Bertz CT molecular complexity index is 1720. The molecular weight excluding hydrogens is 514 g/mol. The van der Waals surface area contributed by atoms with Gasteiger partial charge < -0.3 is 5.32 Å². The Balaban J connectivity index is 1.41. The van der Waals surface area contributed by atoms with Crippen molar-refractivity contribution in [2.45, 2.75) is 36.0 Å². The summed E-state index contributed by atoms with van der Waals surface area (Å²) < 4.78 is 29.8. The van der Waals surface area contributed by atoms with E-state index in [-0.39, 0.29) is 41.9 Å².